The Balaban J connectivity index is 1.83. The van der Waals surface area contributed by atoms with Crippen LogP contribution < -0.4 is 14.8 Å². The summed E-state index contributed by atoms with van der Waals surface area (Å²) in [6.07, 6.45) is 2.49. The van der Waals surface area contributed by atoms with Gasteiger partial charge in [0.1, 0.15) is 0 Å². The number of hydrogen-bond acceptors (Lipinski definition) is 5. The number of carbonyl (C=O) groups is 2. The fourth-order valence-electron chi connectivity index (χ4n) is 2.22. The number of halogens is 3. The highest BCUT2D eigenvalue weighted by atomic mass is 35.5. The number of ether oxygens (including phenoxy) is 3. The van der Waals surface area contributed by atoms with Gasteiger partial charge in [0.15, 0.2) is 18.1 Å². The Morgan fingerprint density at radius 1 is 1.17 bits per heavy atom. The standard InChI is InChI=1S/C20H18ClF2NO5/c1-27-17-10-13(6-8-16(17)29-20(22)23)7-9-19(26)28-12-18(25)24-11-14-4-2-3-5-15(14)21/h2-10,20H,11-12H2,1H3,(H,24,25)/b9-7+. The number of nitrogens with one attached hydrogen (secondary N) is 1. The van der Waals surface area contributed by atoms with Crippen LogP contribution in [0.1, 0.15) is 11.1 Å². The predicted octanol–water partition coefficient (Wildman–Crippen LogP) is 3.82. The zero-order chi connectivity index (χ0) is 21.2. The molecular formula is C20H18ClF2NO5. The minimum atomic E-state index is -2.98. The van der Waals surface area contributed by atoms with Crippen LogP contribution >= 0.6 is 11.6 Å². The molecule has 0 aliphatic rings. The number of benzene rings is 2. The van der Waals surface area contributed by atoms with Crippen LogP contribution in [0.15, 0.2) is 48.5 Å². The number of carbonyl (C=O) groups excluding carboxylic acids is 2. The maximum atomic E-state index is 12.3. The van der Waals surface area contributed by atoms with E-state index in [9.17, 15) is 18.4 Å². The molecule has 154 valence electrons. The summed E-state index contributed by atoms with van der Waals surface area (Å²) >= 11 is 5.99. The summed E-state index contributed by atoms with van der Waals surface area (Å²) in [7, 11) is 1.30. The number of methoxy groups -OCH3 is 1. The second-order valence-electron chi connectivity index (χ2n) is 5.60. The molecule has 6 nitrogen and oxygen atoms in total. The zero-order valence-corrected chi connectivity index (χ0v) is 16.1. The van der Waals surface area contributed by atoms with Crippen LogP contribution in [0.3, 0.4) is 0 Å². The van der Waals surface area contributed by atoms with Gasteiger partial charge in [-0.25, -0.2) is 4.79 Å². The van der Waals surface area contributed by atoms with Crippen molar-refractivity contribution in [3.8, 4) is 11.5 Å². The van der Waals surface area contributed by atoms with Gasteiger partial charge in [-0.2, -0.15) is 8.78 Å². The van der Waals surface area contributed by atoms with Gasteiger partial charge in [-0.1, -0.05) is 35.9 Å². The van der Waals surface area contributed by atoms with E-state index < -0.39 is 25.1 Å². The smallest absolute Gasteiger partial charge is 0.387 e. The molecule has 0 aromatic heterocycles. The number of amides is 1. The second-order valence-corrected chi connectivity index (χ2v) is 6.01. The van der Waals surface area contributed by atoms with E-state index in [-0.39, 0.29) is 18.0 Å². The van der Waals surface area contributed by atoms with E-state index in [0.717, 1.165) is 11.6 Å². The average molecular weight is 426 g/mol. The second kappa shape index (κ2) is 11.0. The normalized spacial score (nSPS) is 10.8. The Labute approximate surface area is 171 Å². The molecule has 0 heterocycles. The Morgan fingerprint density at radius 3 is 2.62 bits per heavy atom. The summed E-state index contributed by atoms with van der Waals surface area (Å²) in [4.78, 5) is 23.5. The number of alkyl halides is 2. The fourth-order valence-corrected chi connectivity index (χ4v) is 2.42. The quantitative estimate of drug-likeness (QED) is 0.488. The van der Waals surface area contributed by atoms with Crippen molar-refractivity contribution in [2.24, 2.45) is 0 Å². The highest BCUT2D eigenvalue weighted by Crippen LogP contribution is 2.29. The van der Waals surface area contributed by atoms with Crippen LogP contribution in [0.5, 0.6) is 11.5 Å². The molecule has 0 aliphatic heterocycles. The van der Waals surface area contributed by atoms with E-state index in [1.54, 1.807) is 24.3 Å². The van der Waals surface area contributed by atoms with E-state index in [0.29, 0.717) is 10.6 Å². The van der Waals surface area contributed by atoms with E-state index in [1.807, 2.05) is 0 Å². The molecule has 0 unspecified atom stereocenters. The first-order valence-corrected chi connectivity index (χ1v) is 8.74. The summed E-state index contributed by atoms with van der Waals surface area (Å²) in [6.45, 7) is -3.24. The van der Waals surface area contributed by atoms with Gasteiger partial charge < -0.3 is 19.5 Å². The van der Waals surface area contributed by atoms with Crippen molar-refractivity contribution in [1.29, 1.82) is 0 Å². The highest BCUT2D eigenvalue weighted by Gasteiger charge is 2.11. The van der Waals surface area contributed by atoms with Gasteiger partial charge in [-0.15, -0.1) is 0 Å². The van der Waals surface area contributed by atoms with Crippen molar-refractivity contribution >= 4 is 29.6 Å². The monoisotopic (exact) mass is 425 g/mol. The van der Waals surface area contributed by atoms with Crippen LogP contribution in [0.4, 0.5) is 8.78 Å². The van der Waals surface area contributed by atoms with Crippen molar-refractivity contribution < 1.29 is 32.6 Å². The van der Waals surface area contributed by atoms with Crippen molar-refractivity contribution in [2.45, 2.75) is 13.2 Å². The zero-order valence-electron chi connectivity index (χ0n) is 15.4. The van der Waals surface area contributed by atoms with E-state index >= 15 is 0 Å². The van der Waals surface area contributed by atoms with E-state index in [4.69, 9.17) is 21.1 Å². The maximum Gasteiger partial charge on any atom is 0.387 e. The Bertz CT molecular complexity index is 889. The first-order chi connectivity index (χ1) is 13.9. The Hall–Kier alpha value is -3.13. The third-order valence-electron chi connectivity index (χ3n) is 3.59. The lowest BCUT2D eigenvalue weighted by molar-refractivity contribution is -0.143. The van der Waals surface area contributed by atoms with Gasteiger partial charge in [0.25, 0.3) is 5.91 Å². The molecule has 29 heavy (non-hydrogen) atoms. The first-order valence-electron chi connectivity index (χ1n) is 8.37. The lowest BCUT2D eigenvalue weighted by Crippen LogP contribution is -2.28. The molecule has 0 aliphatic carbocycles. The minimum absolute atomic E-state index is 0.0831. The van der Waals surface area contributed by atoms with Crippen LogP contribution in [0.2, 0.25) is 5.02 Å². The maximum absolute atomic E-state index is 12.3. The molecular weight excluding hydrogens is 408 g/mol. The van der Waals surface area contributed by atoms with Gasteiger partial charge in [-0.3, -0.25) is 4.79 Å². The molecule has 9 heteroatoms. The molecule has 0 saturated carbocycles. The molecule has 2 aromatic rings. The summed E-state index contributed by atoms with van der Waals surface area (Å²) in [6, 6.07) is 11.2. The first kappa shape index (κ1) is 22.2. The molecule has 0 radical (unpaired) electrons. The van der Waals surface area contributed by atoms with Crippen molar-refractivity contribution in [3.05, 3.63) is 64.7 Å². The number of rotatable bonds is 9. The lowest BCUT2D eigenvalue weighted by atomic mass is 10.2. The fraction of sp³-hybridized carbons (Fsp3) is 0.200. The van der Waals surface area contributed by atoms with Crippen LogP contribution in [0.25, 0.3) is 6.08 Å². The molecule has 2 rings (SSSR count). The average Bonchev–Trinajstić information content (AvgIpc) is 2.70. The summed E-state index contributed by atoms with van der Waals surface area (Å²) in [5, 5.41) is 3.11. The van der Waals surface area contributed by atoms with Crippen molar-refractivity contribution in [2.75, 3.05) is 13.7 Å². The topological polar surface area (TPSA) is 73.9 Å². The molecule has 0 atom stereocenters. The molecule has 0 saturated heterocycles. The van der Waals surface area contributed by atoms with Gasteiger partial charge >= 0.3 is 12.6 Å². The SMILES string of the molecule is COc1cc(/C=C/C(=O)OCC(=O)NCc2ccccc2Cl)ccc1OC(F)F. The largest absolute Gasteiger partial charge is 0.493 e. The van der Waals surface area contributed by atoms with E-state index in [2.05, 4.69) is 10.1 Å². The molecule has 2 aromatic carbocycles. The van der Waals surface area contributed by atoms with Crippen LogP contribution in [0, 0.1) is 0 Å². The summed E-state index contributed by atoms with van der Waals surface area (Å²) < 4.78 is 38.8. The Kier molecular flexibility index (Phi) is 8.42. The highest BCUT2D eigenvalue weighted by molar-refractivity contribution is 6.31. The minimum Gasteiger partial charge on any atom is -0.493 e. The van der Waals surface area contributed by atoms with Gasteiger partial charge in [0.05, 0.1) is 7.11 Å². The molecule has 0 bridgehead atoms. The molecule has 1 amide bonds. The number of hydrogen-bond donors (Lipinski definition) is 1. The molecule has 0 fully saturated rings. The summed E-state index contributed by atoms with van der Waals surface area (Å²) in [5.41, 5.74) is 1.23. The van der Waals surface area contributed by atoms with Crippen LogP contribution in [-0.4, -0.2) is 32.2 Å². The van der Waals surface area contributed by atoms with Gasteiger partial charge in [0, 0.05) is 17.6 Å². The van der Waals surface area contributed by atoms with E-state index in [1.165, 1.54) is 31.4 Å². The van der Waals surface area contributed by atoms with Gasteiger partial charge in [0.2, 0.25) is 0 Å². The number of esters is 1. The predicted molar refractivity (Wildman–Crippen MR) is 103 cm³/mol. The van der Waals surface area contributed by atoms with Gasteiger partial charge in [-0.05, 0) is 35.4 Å². The lowest BCUT2D eigenvalue weighted by Gasteiger charge is -2.10. The Morgan fingerprint density at radius 2 is 1.93 bits per heavy atom. The third kappa shape index (κ3) is 7.42. The summed E-state index contributed by atoms with van der Waals surface area (Å²) in [5.74, 6) is -1.27. The third-order valence-corrected chi connectivity index (χ3v) is 3.96. The van der Waals surface area contributed by atoms with Crippen molar-refractivity contribution in [3.63, 3.8) is 0 Å². The molecule has 1 N–H and O–H groups in total. The van der Waals surface area contributed by atoms with Crippen LogP contribution in [-0.2, 0) is 20.9 Å². The van der Waals surface area contributed by atoms with Crippen molar-refractivity contribution in [1.82, 2.24) is 5.32 Å². The molecule has 0 spiro atoms.